The number of hydrogen-bond acceptors (Lipinski definition) is 2. The van der Waals surface area contributed by atoms with Crippen molar-refractivity contribution in [3.05, 3.63) is 34.3 Å². The molecule has 1 aromatic carbocycles. The summed E-state index contributed by atoms with van der Waals surface area (Å²) in [5.74, 6) is 0. The second kappa shape index (κ2) is 6.53. The highest BCUT2D eigenvalue weighted by Gasteiger charge is 2.21. The maximum atomic E-state index is 10.3. The molecule has 2 nitrogen and oxygen atoms in total. The Balaban J connectivity index is 2.51. The molecule has 1 rings (SSSR count). The van der Waals surface area contributed by atoms with Crippen LogP contribution in [-0.4, -0.2) is 23.3 Å². The Morgan fingerprint density at radius 3 is 2.59 bits per heavy atom. The van der Waals surface area contributed by atoms with E-state index < -0.39 is 5.60 Å². The third-order valence-electron chi connectivity index (χ3n) is 2.75. The van der Waals surface area contributed by atoms with Crippen LogP contribution in [0.2, 0.25) is 0 Å². The van der Waals surface area contributed by atoms with Gasteiger partial charge in [-0.1, -0.05) is 48.0 Å². The van der Waals surface area contributed by atoms with Crippen molar-refractivity contribution in [2.24, 2.45) is 0 Å². The largest absolute Gasteiger partial charge is 0.390 e. The lowest BCUT2D eigenvalue weighted by Gasteiger charge is -2.24. The highest BCUT2D eigenvalue weighted by atomic mass is 79.9. The molecule has 0 aliphatic rings. The summed E-state index contributed by atoms with van der Waals surface area (Å²) in [5.41, 5.74) is 0.494. The number of hydrogen-bond donors (Lipinski definition) is 2. The van der Waals surface area contributed by atoms with E-state index in [2.05, 4.69) is 41.2 Å². The molecule has 0 saturated carbocycles. The fourth-order valence-corrected chi connectivity index (χ4v) is 2.20. The summed E-state index contributed by atoms with van der Waals surface area (Å²) in [5, 5.41) is 13.7. The first-order chi connectivity index (χ1) is 7.91. The molecule has 17 heavy (non-hydrogen) atoms. The van der Waals surface area contributed by atoms with Gasteiger partial charge in [0.2, 0.25) is 0 Å². The van der Waals surface area contributed by atoms with Gasteiger partial charge in [0.1, 0.15) is 0 Å². The minimum absolute atomic E-state index is 0.467. The van der Waals surface area contributed by atoms with Crippen LogP contribution in [0.25, 0.3) is 0 Å². The summed E-state index contributed by atoms with van der Waals surface area (Å²) in [6.45, 7) is 6.97. The first-order valence-corrected chi connectivity index (χ1v) is 6.89. The highest BCUT2D eigenvalue weighted by molar-refractivity contribution is 9.10. The maximum absolute atomic E-state index is 10.3. The monoisotopic (exact) mass is 299 g/mol. The second-order valence-corrected chi connectivity index (χ2v) is 5.98. The van der Waals surface area contributed by atoms with Gasteiger partial charge in [0.15, 0.2) is 0 Å². The van der Waals surface area contributed by atoms with Crippen molar-refractivity contribution in [1.82, 2.24) is 5.32 Å². The molecule has 0 aliphatic heterocycles. The van der Waals surface area contributed by atoms with Crippen LogP contribution in [0, 0.1) is 0 Å². The molecule has 1 unspecified atom stereocenters. The van der Waals surface area contributed by atoms with Gasteiger partial charge < -0.3 is 10.4 Å². The quantitative estimate of drug-likeness (QED) is 0.846. The van der Waals surface area contributed by atoms with Crippen molar-refractivity contribution in [3.63, 3.8) is 0 Å². The van der Waals surface area contributed by atoms with Crippen molar-refractivity contribution in [2.75, 3.05) is 6.54 Å². The van der Waals surface area contributed by atoms with E-state index in [0.29, 0.717) is 12.5 Å². The van der Waals surface area contributed by atoms with E-state index in [1.165, 1.54) is 0 Å². The Morgan fingerprint density at radius 2 is 2.00 bits per heavy atom. The smallest absolute Gasteiger partial charge is 0.0672 e. The van der Waals surface area contributed by atoms with E-state index in [1.807, 2.05) is 25.1 Å². The third-order valence-corrected chi connectivity index (χ3v) is 3.52. The Bertz CT molecular complexity index is 350. The van der Waals surface area contributed by atoms with Crippen LogP contribution < -0.4 is 5.32 Å². The summed E-state index contributed by atoms with van der Waals surface area (Å²) >= 11 is 3.51. The van der Waals surface area contributed by atoms with Crippen LogP contribution in [0.15, 0.2) is 28.7 Å². The topological polar surface area (TPSA) is 32.3 Å². The summed E-state index contributed by atoms with van der Waals surface area (Å²) in [4.78, 5) is 0. The Kier molecular flexibility index (Phi) is 5.63. The average Bonchev–Trinajstić information content (AvgIpc) is 2.20. The summed E-state index contributed by atoms with van der Waals surface area (Å²) in [6.07, 6.45) is 1.43. The predicted molar refractivity (Wildman–Crippen MR) is 76.2 cm³/mol. The minimum Gasteiger partial charge on any atom is -0.390 e. The van der Waals surface area contributed by atoms with Gasteiger partial charge in [0, 0.05) is 16.9 Å². The summed E-state index contributed by atoms with van der Waals surface area (Å²) < 4.78 is 1.07. The summed E-state index contributed by atoms with van der Waals surface area (Å²) in [7, 11) is 0. The SMILES string of the molecule is CC(C)NCCC(C)(O)Cc1ccccc1Br. The molecule has 96 valence electrons. The molecule has 0 amide bonds. The molecule has 0 aliphatic carbocycles. The molecular formula is C14H22BrNO. The number of benzene rings is 1. The lowest BCUT2D eigenvalue weighted by molar-refractivity contribution is 0.0509. The lowest BCUT2D eigenvalue weighted by atomic mass is 9.93. The van der Waals surface area contributed by atoms with E-state index in [-0.39, 0.29) is 0 Å². The van der Waals surface area contributed by atoms with E-state index >= 15 is 0 Å². The van der Waals surface area contributed by atoms with E-state index in [9.17, 15) is 5.11 Å². The number of halogens is 1. The molecule has 2 N–H and O–H groups in total. The van der Waals surface area contributed by atoms with Gasteiger partial charge in [-0.3, -0.25) is 0 Å². The fraction of sp³-hybridized carbons (Fsp3) is 0.571. The lowest BCUT2D eigenvalue weighted by Crippen LogP contribution is -2.34. The van der Waals surface area contributed by atoms with Gasteiger partial charge in [-0.15, -0.1) is 0 Å². The van der Waals surface area contributed by atoms with Gasteiger partial charge in [0.05, 0.1) is 5.60 Å². The zero-order valence-electron chi connectivity index (χ0n) is 10.8. The Morgan fingerprint density at radius 1 is 1.35 bits per heavy atom. The van der Waals surface area contributed by atoms with Crippen LogP contribution in [0.1, 0.15) is 32.8 Å². The zero-order valence-corrected chi connectivity index (χ0v) is 12.4. The van der Waals surface area contributed by atoms with Crippen LogP contribution in [0.4, 0.5) is 0 Å². The zero-order chi connectivity index (χ0) is 12.9. The standard InChI is InChI=1S/C14H22BrNO/c1-11(2)16-9-8-14(3,17)10-12-6-4-5-7-13(12)15/h4-7,11,16-17H,8-10H2,1-3H3. The van der Waals surface area contributed by atoms with E-state index in [1.54, 1.807) is 0 Å². The van der Waals surface area contributed by atoms with Crippen LogP contribution in [-0.2, 0) is 6.42 Å². The molecule has 3 heteroatoms. The van der Waals surface area contributed by atoms with Crippen LogP contribution >= 0.6 is 15.9 Å². The van der Waals surface area contributed by atoms with Gasteiger partial charge in [-0.2, -0.15) is 0 Å². The van der Waals surface area contributed by atoms with Gasteiger partial charge in [-0.25, -0.2) is 0 Å². The number of rotatable bonds is 6. The molecule has 0 bridgehead atoms. The van der Waals surface area contributed by atoms with Gasteiger partial charge in [0.25, 0.3) is 0 Å². The van der Waals surface area contributed by atoms with E-state index in [0.717, 1.165) is 23.0 Å². The van der Waals surface area contributed by atoms with Crippen molar-refractivity contribution < 1.29 is 5.11 Å². The molecule has 0 saturated heterocycles. The first-order valence-electron chi connectivity index (χ1n) is 6.10. The van der Waals surface area contributed by atoms with Crippen molar-refractivity contribution >= 4 is 15.9 Å². The predicted octanol–water partition coefficient (Wildman–Crippen LogP) is 3.13. The molecule has 0 heterocycles. The average molecular weight is 300 g/mol. The third kappa shape index (κ3) is 5.66. The first kappa shape index (κ1) is 14.7. The second-order valence-electron chi connectivity index (χ2n) is 5.12. The van der Waals surface area contributed by atoms with Gasteiger partial charge >= 0.3 is 0 Å². The van der Waals surface area contributed by atoms with Crippen molar-refractivity contribution in [1.29, 1.82) is 0 Å². The normalized spacial score (nSPS) is 14.9. The molecule has 1 aromatic rings. The molecule has 1 atom stereocenters. The van der Waals surface area contributed by atoms with Crippen LogP contribution in [0.5, 0.6) is 0 Å². The fourth-order valence-electron chi connectivity index (χ4n) is 1.77. The molecular weight excluding hydrogens is 278 g/mol. The number of nitrogens with one attached hydrogen (secondary N) is 1. The molecule has 0 radical (unpaired) electrons. The Hall–Kier alpha value is -0.380. The Labute approximate surface area is 113 Å². The molecule has 0 spiro atoms. The maximum Gasteiger partial charge on any atom is 0.0672 e. The summed E-state index contributed by atoms with van der Waals surface area (Å²) in [6, 6.07) is 8.52. The van der Waals surface area contributed by atoms with Crippen LogP contribution in [0.3, 0.4) is 0 Å². The van der Waals surface area contributed by atoms with Gasteiger partial charge in [-0.05, 0) is 31.5 Å². The highest BCUT2D eigenvalue weighted by Crippen LogP contribution is 2.23. The van der Waals surface area contributed by atoms with Crippen molar-refractivity contribution in [3.8, 4) is 0 Å². The molecule has 0 fully saturated rings. The molecule has 0 aromatic heterocycles. The number of aliphatic hydroxyl groups is 1. The minimum atomic E-state index is -0.661. The van der Waals surface area contributed by atoms with E-state index in [4.69, 9.17) is 0 Å². The van der Waals surface area contributed by atoms with Crippen molar-refractivity contribution in [2.45, 2.75) is 45.3 Å².